The fraction of sp³-hybridized carbons (Fsp3) is 0.333. The molecular formula is C6H9N3O2S. The van der Waals surface area contributed by atoms with Crippen molar-refractivity contribution in [1.82, 2.24) is 9.66 Å². The summed E-state index contributed by atoms with van der Waals surface area (Å²) in [5, 5.41) is 8.37. The lowest BCUT2D eigenvalue weighted by atomic mass is 10.2. The van der Waals surface area contributed by atoms with Crippen LogP contribution in [-0.4, -0.2) is 20.7 Å². The Bertz CT molecular complexity index is 341. The van der Waals surface area contributed by atoms with E-state index in [1.807, 2.05) is 0 Å². The lowest BCUT2D eigenvalue weighted by Gasteiger charge is -1.90. The number of nitrogen functional groups attached to an aromatic ring is 1. The minimum atomic E-state index is -0.834. The van der Waals surface area contributed by atoms with Gasteiger partial charge in [0.05, 0.1) is 6.42 Å². The molecule has 0 aliphatic carbocycles. The van der Waals surface area contributed by atoms with Gasteiger partial charge in [-0.05, 0) is 18.6 Å². The number of carboxylic acid groups (broad SMARTS) is 1. The van der Waals surface area contributed by atoms with Crippen molar-refractivity contribution in [2.45, 2.75) is 12.8 Å². The molecule has 0 bridgehead atoms. The molecule has 1 aromatic heterocycles. The highest BCUT2D eigenvalue weighted by molar-refractivity contribution is 7.71. The smallest absolute Gasteiger partial charge is 0.303 e. The van der Waals surface area contributed by atoms with E-state index >= 15 is 0 Å². The number of aromatic amines is 1. The van der Waals surface area contributed by atoms with Gasteiger partial charge in [-0.25, -0.2) is 4.68 Å². The van der Waals surface area contributed by atoms with Crippen molar-refractivity contribution in [3.63, 3.8) is 0 Å². The zero-order valence-corrected chi connectivity index (χ0v) is 7.10. The molecule has 0 unspecified atom stereocenters. The van der Waals surface area contributed by atoms with Crippen molar-refractivity contribution in [3.05, 3.63) is 16.7 Å². The van der Waals surface area contributed by atoms with Gasteiger partial charge in [0.2, 0.25) is 0 Å². The first-order chi connectivity index (χ1) is 5.59. The number of aliphatic carboxylic acids is 1. The molecule has 0 saturated carbocycles. The van der Waals surface area contributed by atoms with Gasteiger partial charge in [0.1, 0.15) is 0 Å². The van der Waals surface area contributed by atoms with Gasteiger partial charge in [0.25, 0.3) is 0 Å². The predicted molar refractivity (Wildman–Crippen MR) is 45.7 cm³/mol. The Kier molecular flexibility index (Phi) is 2.49. The Morgan fingerprint density at radius 2 is 2.50 bits per heavy atom. The first kappa shape index (κ1) is 8.79. The molecule has 0 fully saturated rings. The molecule has 1 heterocycles. The van der Waals surface area contributed by atoms with Crippen LogP contribution in [0.4, 0.5) is 0 Å². The molecule has 0 amide bonds. The maximum Gasteiger partial charge on any atom is 0.303 e. The van der Waals surface area contributed by atoms with Crippen molar-refractivity contribution in [1.29, 1.82) is 0 Å². The number of aromatic nitrogens is 2. The van der Waals surface area contributed by atoms with Crippen LogP contribution in [0.5, 0.6) is 0 Å². The average molecular weight is 187 g/mol. The molecule has 0 aromatic carbocycles. The number of nitrogens with two attached hydrogens (primary N) is 1. The number of carboxylic acids is 1. The molecular weight excluding hydrogens is 178 g/mol. The molecule has 66 valence electrons. The van der Waals surface area contributed by atoms with E-state index in [1.54, 1.807) is 6.20 Å². The lowest BCUT2D eigenvalue weighted by molar-refractivity contribution is -0.136. The number of imidazole rings is 1. The molecule has 4 N–H and O–H groups in total. The Balaban J connectivity index is 2.65. The second kappa shape index (κ2) is 3.40. The predicted octanol–water partition coefficient (Wildman–Crippen LogP) is 0.277. The third-order valence-corrected chi connectivity index (χ3v) is 1.72. The second-order valence-electron chi connectivity index (χ2n) is 2.39. The fourth-order valence-electron chi connectivity index (χ4n) is 0.829. The third kappa shape index (κ3) is 2.09. The first-order valence-electron chi connectivity index (χ1n) is 3.37. The lowest BCUT2D eigenvalue weighted by Crippen LogP contribution is -2.05. The number of hydrogen-bond acceptors (Lipinski definition) is 3. The van der Waals surface area contributed by atoms with Crippen LogP contribution in [-0.2, 0) is 11.2 Å². The summed E-state index contributed by atoms with van der Waals surface area (Å²) in [5.41, 5.74) is 0.741. The number of rotatable bonds is 3. The number of hydrogen-bond donors (Lipinski definition) is 3. The quantitative estimate of drug-likeness (QED) is 0.468. The fourth-order valence-corrected chi connectivity index (χ4v) is 1.01. The number of aryl methyl sites for hydroxylation is 1. The van der Waals surface area contributed by atoms with Gasteiger partial charge in [0.15, 0.2) is 4.77 Å². The molecule has 0 aliphatic heterocycles. The Morgan fingerprint density at radius 1 is 1.83 bits per heavy atom. The van der Waals surface area contributed by atoms with E-state index in [9.17, 15) is 4.79 Å². The van der Waals surface area contributed by atoms with Gasteiger partial charge in [-0.1, -0.05) is 0 Å². The van der Waals surface area contributed by atoms with Crippen molar-refractivity contribution >= 4 is 18.2 Å². The second-order valence-corrected chi connectivity index (χ2v) is 2.77. The van der Waals surface area contributed by atoms with E-state index in [0.29, 0.717) is 11.2 Å². The molecule has 1 rings (SSSR count). The molecule has 6 heteroatoms. The van der Waals surface area contributed by atoms with Crippen LogP contribution in [0.2, 0.25) is 0 Å². The number of carbonyl (C=O) groups is 1. The zero-order valence-electron chi connectivity index (χ0n) is 6.28. The van der Waals surface area contributed by atoms with Gasteiger partial charge in [-0.3, -0.25) is 4.79 Å². The minimum Gasteiger partial charge on any atom is -0.481 e. The van der Waals surface area contributed by atoms with E-state index in [4.69, 9.17) is 23.2 Å². The molecule has 12 heavy (non-hydrogen) atoms. The van der Waals surface area contributed by atoms with E-state index < -0.39 is 5.97 Å². The van der Waals surface area contributed by atoms with Crippen LogP contribution in [0, 0.1) is 4.77 Å². The monoisotopic (exact) mass is 187 g/mol. The Hall–Kier alpha value is -1.30. The molecule has 0 spiro atoms. The van der Waals surface area contributed by atoms with E-state index in [1.165, 1.54) is 4.68 Å². The van der Waals surface area contributed by atoms with Crippen molar-refractivity contribution < 1.29 is 9.90 Å². The molecule has 0 saturated heterocycles. The van der Waals surface area contributed by atoms with Crippen LogP contribution >= 0.6 is 12.2 Å². The Morgan fingerprint density at radius 3 is 2.92 bits per heavy atom. The van der Waals surface area contributed by atoms with E-state index in [-0.39, 0.29) is 6.42 Å². The topological polar surface area (TPSA) is 84.0 Å². The van der Waals surface area contributed by atoms with Gasteiger partial charge in [-0.15, -0.1) is 0 Å². The minimum absolute atomic E-state index is 0.0787. The highest BCUT2D eigenvalue weighted by Crippen LogP contribution is 1.99. The molecule has 0 atom stereocenters. The summed E-state index contributed by atoms with van der Waals surface area (Å²) in [6.45, 7) is 0. The standard InChI is InChI=1S/C6H9N3O2S/c7-9-3-4(8-6(9)12)1-2-5(10)11/h3H,1-2,7H2,(H,8,12)(H,10,11). The van der Waals surface area contributed by atoms with Crippen molar-refractivity contribution in [2.75, 3.05) is 5.84 Å². The van der Waals surface area contributed by atoms with Crippen molar-refractivity contribution in [2.24, 2.45) is 0 Å². The maximum atomic E-state index is 10.2. The highest BCUT2D eigenvalue weighted by atomic mass is 32.1. The summed E-state index contributed by atoms with van der Waals surface area (Å²) in [5.74, 6) is 4.55. The molecule has 5 nitrogen and oxygen atoms in total. The first-order valence-corrected chi connectivity index (χ1v) is 3.78. The number of nitrogens with zero attached hydrogens (tertiary/aromatic N) is 1. The molecule has 1 aromatic rings. The van der Waals surface area contributed by atoms with Crippen molar-refractivity contribution in [3.8, 4) is 0 Å². The largest absolute Gasteiger partial charge is 0.481 e. The van der Waals surface area contributed by atoms with Gasteiger partial charge < -0.3 is 15.9 Å². The van der Waals surface area contributed by atoms with Crippen LogP contribution in [0.25, 0.3) is 0 Å². The van der Waals surface area contributed by atoms with Crippen LogP contribution in [0.1, 0.15) is 12.1 Å². The van der Waals surface area contributed by atoms with E-state index in [2.05, 4.69) is 4.98 Å². The van der Waals surface area contributed by atoms with E-state index in [0.717, 1.165) is 5.69 Å². The normalized spacial score (nSPS) is 10.0. The molecule has 0 aliphatic rings. The van der Waals surface area contributed by atoms with Crippen LogP contribution in [0.15, 0.2) is 6.20 Å². The van der Waals surface area contributed by atoms with Gasteiger partial charge >= 0.3 is 5.97 Å². The highest BCUT2D eigenvalue weighted by Gasteiger charge is 2.01. The molecule has 0 radical (unpaired) electrons. The summed E-state index contributed by atoms with van der Waals surface area (Å²) >= 11 is 4.79. The van der Waals surface area contributed by atoms with Crippen LogP contribution < -0.4 is 5.84 Å². The summed E-state index contributed by atoms with van der Waals surface area (Å²) < 4.78 is 1.65. The average Bonchev–Trinajstić information content (AvgIpc) is 2.28. The number of H-pyrrole nitrogens is 1. The third-order valence-electron chi connectivity index (χ3n) is 1.41. The van der Waals surface area contributed by atoms with Gasteiger partial charge in [0, 0.05) is 11.9 Å². The summed E-state index contributed by atoms with van der Waals surface area (Å²) in [4.78, 5) is 13.0. The SMILES string of the molecule is Nn1cc(CCC(=O)O)[nH]c1=S. The zero-order chi connectivity index (χ0) is 9.14. The number of nitrogens with one attached hydrogen (secondary N) is 1. The van der Waals surface area contributed by atoms with Gasteiger partial charge in [-0.2, -0.15) is 0 Å². The Labute approximate surface area is 73.8 Å². The summed E-state index contributed by atoms with van der Waals surface area (Å²) in [6, 6.07) is 0. The van der Waals surface area contributed by atoms with Crippen LogP contribution in [0.3, 0.4) is 0 Å². The maximum absolute atomic E-state index is 10.2. The summed E-state index contributed by atoms with van der Waals surface area (Å²) in [7, 11) is 0. The summed E-state index contributed by atoms with van der Waals surface area (Å²) in [6.07, 6.45) is 2.09.